The molecule has 0 spiro atoms. The molecule has 2 aromatic carbocycles. The van der Waals surface area contributed by atoms with E-state index in [0.29, 0.717) is 18.9 Å². The summed E-state index contributed by atoms with van der Waals surface area (Å²) in [6, 6.07) is 14.2. The summed E-state index contributed by atoms with van der Waals surface area (Å²) in [5.41, 5.74) is 1.12. The van der Waals surface area contributed by atoms with Crippen molar-refractivity contribution in [3.8, 4) is 11.5 Å². The van der Waals surface area contributed by atoms with Crippen LogP contribution in [0.2, 0.25) is 0 Å². The quantitative estimate of drug-likeness (QED) is 0.476. The first kappa shape index (κ1) is 26.0. The fourth-order valence-corrected chi connectivity index (χ4v) is 5.11. The first-order chi connectivity index (χ1) is 16.4. The van der Waals surface area contributed by atoms with Gasteiger partial charge in [0.2, 0.25) is 15.9 Å². The largest absolute Gasteiger partial charge is 0.497 e. The summed E-state index contributed by atoms with van der Waals surface area (Å²) in [4.78, 5) is 15.0. The zero-order valence-corrected chi connectivity index (χ0v) is 20.8. The zero-order valence-electron chi connectivity index (χ0n) is 20.0. The van der Waals surface area contributed by atoms with Crippen molar-refractivity contribution >= 4 is 15.9 Å². The number of nitrogens with zero attached hydrogens (tertiary/aromatic N) is 1. The number of amides is 1. The van der Waals surface area contributed by atoms with E-state index in [-0.39, 0.29) is 29.8 Å². The highest BCUT2D eigenvalue weighted by atomic mass is 32.2. The lowest BCUT2D eigenvalue weighted by Gasteiger charge is -2.35. The zero-order chi connectivity index (χ0) is 24.4. The van der Waals surface area contributed by atoms with E-state index in [9.17, 15) is 13.2 Å². The second-order valence-electron chi connectivity index (χ2n) is 8.24. The second-order valence-corrected chi connectivity index (χ2v) is 10.0. The molecular formula is C25H35N3O5S. The van der Waals surface area contributed by atoms with Crippen LogP contribution in [0.15, 0.2) is 53.4 Å². The molecule has 8 nitrogen and oxygen atoms in total. The number of hydrogen-bond donors (Lipinski definition) is 2. The van der Waals surface area contributed by atoms with E-state index in [1.54, 1.807) is 19.2 Å². The van der Waals surface area contributed by atoms with E-state index < -0.39 is 10.0 Å². The lowest BCUT2D eigenvalue weighted by atomic mass is 10.0. The first-order valence-electron chi connectivity index (χ1n) is 11.8. The van der Waals surface area contributed by atoms with Crippen LogP contribution in [0, 0.1) is 0 Å². The number of piperidine rings is 1. The van der Waals surface area contributed by atoms with Gasteiger partial charge in [0.05, 0.1) is 24.7 Å². The highest BCUT2D eigenvalue weighted by Gasteiger charge is 2.23. The van der Waals surface area contributed by atoms with Crippen LogP contribution < -0.4 is 19.5 Å². The SMILES string of the molecule is CCOc1ccc(S(=O)(=O)NCCC(=O)NC[C@@H](c2ccc(OC)cc2)N2CCCCC2)cc1. The predicted octanol–water partition coefficient (Wildman–Crippen LogP) is 3.11. The van der Waals surface area contributed by atoms with Gasteiger partial charge in [0.25, 0.3) is 0 Å². The Kier molecular flexibility index (Phi) is 9.74. The number of methoxy groups -OCH3 is 1. The Hall–Kier alpha value is -2.62. The summed E-state index contributed by atoms with van der Waals surface area (Å²) in [5, 5.41) is 2.99. The highest BCUT2D eigenvalue weighted by Crippen LogP contribution is 2.26. The number of sulfonamides is 1. The lowest BCUT2D eigenvalue weighted by Crippen LogP contribution is -2.41. The molecule has 1 fully saturated rings. The van der Waals surface area contributed by atoms with Gasteiger partial charge >= 0.3 is 0 Å². The maximum absolute atomic E-state index is 12.5. The van der Waals surface area contributed by atoms with Crippen molar-refractivity contribution in [1.82, 2.24) is 14.9 Å². The molecule has 9 heteroatoms. The second kappa shape index (κ2) is 12.7. The van der Waals surface area contributed by atoms with Crippen molar-refractivity contribution < 1.29 is 22.7 Å². The summed E-state index contributed by atoms with van der Waals surface area (Å²) >= 11 is 0. The van der Waals surface area contributed by atoms with Gasteiger partial charge in [-0.2, -0.15) is 0 Å². The van der Waals surface area contributed by atoms with Gasteiger partial charge in [0, 0.05) is 19.5 Å². The molecular weight excluding hydrogens is 454 g/mol. The lowest BCUT2D eigenvalue weighted by molar-refractivity contribution is -0.121. The molecule has 1 aliphatic heterocycles. The van der Waals surface area contributed by atoms with Gasteiger partial charge in [0.1, 0.15) is 11.5 Å². The monoisotopic (exact) mass is 489 g/mol. The minimum atomic E-state index is -3.69. The third-order valence-electron chi connectivity index (χ3n) is 5.91. The van der Waals surface area contributed by atoms with Crippen molar-refractivity contribution in [3.63, 3.8) is 0 Å². The molecule has 0 unspecified atom stereocenters. The third-order valence-corrected chi connectivity index (χ3v) is 7.39. The number of carbonyl (C=O) groups excluding carboxylic acids is 1. The summed E-state index contributed by atoms with van der Waals surface area (Å²) in [6.07, 6.45) is 3.58. The normalized spacial score (nSPS) is 15.5. The molecule has 1 heterocycles. The van der Waals surface area contributed by atoms with Crippen molar-refractivity contribution in [2.75, 3.05) is 39.9 Å². The molecule has 186 valence electrons. The Balaban J connectivity index is 1.52. The first-order valence-corrected chi connectivity index (χ1v) is 13.3. The number of hydrogen-bond acceptors (Lipinski definition) is 6. The molecule has 3 rings (SSSR count). The third kappa shape index (κ3) is 7.44. The minimum absolute atomic E-state index is 0.0261. The molecule has 1 aliphatic rings. The Morgan fingerprint density at radius 1 is 1.00 bits per heavy atom. The van der Waals surface area contributed by atoms with Crippen molar-refractivity contribution in [2.24, 2.45) is 0 Å². The van der Waals surface area contributed by atoms with Crippen LogP contribution >= 0.6 is 0 Å². The topological polar surface area (TPSA) is 97.0 Å². The van der Waals surface area contributed by atoms with Gasteiger partial charge in [-0.1, -0.05) is 18.6 Å². The standard InChI is InChI=1S/C25H35N3O5S/c1-3-33-22-11-13-23(14-12-22)34(30,31)27-16-15-25(29)26-19-24(28-17-5-4-6-18-28)20-7-9-21(32-2)10-8-20/h7-14,24,27H,3-6,15-19H2,1-2H3,(H,26,29)/t24-/m0/s1. The van der Waals surface area contributed by atoms with E-state index in [1.165, 1.54) is 18.6 Å². The summed E-state index contributed by atoms with van der Waals surface area (Å²) < 4.78 is 38.1. The van der Waals surface area contributed by atoms with Gasteiger partial charge in [-0.3, -0.25) is 9.69 Å². The van der Waals surface area contributed by atoms with Crippen LogP contribution in [0.1, 0.15) is 44.2 Å². The molecule has 1 amide bonds. The van der Waals surface area contributed by atoms with Crippen LogP contribution in [-0.2, 0) is 14.8 Å². The van der Waals surface area contributed by atoms with Gasteiger partial charge < -0.3 is 14.8 Å². The molecule has 34 heavy (non-hydrogen) atoms. The number of ether oxygens (including phenoxy) is 2. The van der Waals surface area contributed by atoms with E-state index in [0.717, 1.165) is 37.2 Å². The predicted molar refractivity (Wildman–Crippen MR) is 132 cm³/mol. The van der Waals surface area contributed by atoms with Crippen LogP contribution in [0.3, 0.4) is 0 Å². The minimum Gasteiger partial charge on any atom is -0.497 e. The van der Waals surface area contributed by atoms with Crippen LogP contribution in [0.4, 0.5) is 0 Å². The van der Waals surface area contributed by atoms with Crippen molar-refractivity contribution in [1.29, 1.82) is 0 Å². The molecule has 0 radical (unpaired) electrons. The summed E-state index contributed by atoms with van der Waals surface area (Å²) in [6.45, 7) is 4.86. The molecule has 1 saturated heterocycles. The molecule has 2 aromatic rings. The number of rotatable bonds is 12. The molecule has 1 atom stereocenters. The Morgan fingerprint density at radius 3 is 2.26 bits per heavy atom. The van der Waals surface area contributed by atoms with Crippen molar-refractivity contribution in [2.45, 2.75) is 43.5 Å². The van der Waals surface area contributed by atoms with Crippen LogP contribution in [-0.4, -0.2) is 59.1 Å². The Bertz CT molecular complexity index is 1000. The van der Waals surface area contributed by atoms with E-state index in [1.807, 2.05) is 31.2 Å². The van der Waals surface area contributed by atoms with Gasteiger partial charge in [0.15, 0.2) is 0 Å². The molecule has 0 bridgehead atoms. The number of nitrogens with one attached hydrogen (secondary N) is 2. The summed E-state index contributed by atoms with van der Waals surface area (Å²) in [7, 11) is -2.05. The van der Waals surface area contributed by atoms with Crippen LogP contribution in [0.25, 0.3) is 0 Å². The maximum Gasteiger partial charge on any atom is 0.240 e. The highest BCUT2D eigenvalue weighted by molar-refractivity contribution is 7.89. The maximum atomic E-state index is 12.5. The van der Waals surface area contributed by atoms with E-state index in [4.69, 9.17) is 9.47 Å². The van der Waals surface area contributed by atoms with E-state index in [2.05, 4.69) is 14.9 Å². The van der Waals surface area contributed by atoms with E-state index >= 15 is 0 Å². The Morgan fingerprint density at radius 2 is 1.65 bits per heavy atom. The Labute approximate surface area is 202 Å². The smallest absolute Gasteiger partial charge is 0.240 e. The number of likely N-dealkylation sites (tertiary alicyclic amines) is 1. The van der Waals surface area contributed by atoms with Crippen LogP contribution in [0.5, 0.6) is 11.5 Å². The molecule has 0 saturated carbocycles. The fraction of sp³-hybridized carbons (Fsp3) is 0.480. The summed E-state index contributed by atoms with van der Waals surface area (Å²) in [5.74, 6) is 1.22. The van der Waals surface area contributed by atoms with Gasteiger partial charge in [-0.15, -0.1) is 0 Å². The molecule has 0 aromatic heterocycles. The van der Waals surface area contributed by atoms with Gasteiger partial charge in [-0.25, -0.2) is 13.1 Å². The number of carbonyl (C=O) groups is 1. The molecule has 2 N–H and O–H groups in total. The average molecular weight is 490 g/mol. The van der Waals surface area contributed by atoms with Gasteiger partial charge in [-0.05, 0) is 74.8 Å². The number of benzene rings is 2. The average Bonchev–Trinajstić information content (AvgIpc) is 2.85. The van der Waals surface area contributed by atoms with Crippen molar-refractivity contribution in [3.05, 3.63) is 54.1 Å². The fourth-order valence-electron chi connectivity index (χ4n) is 4.08. The molecule has 0 aliphatic carbocycles.